The zero-order valence-corrected chi connectivity index (χ0v) is 27.2. The summed E-state index contributed by atoms with van der Waals surface area (Å²) in [5.41, 5.74) is 14.6. The monoisotopic (exact) mass is 615 g/mol. The molecule has 10 aromatic rings. The molecule has 0 aliphatic carbocycles. The van der Waals surface area contributed by atoms with Crippen LogP contribution >= 0.6 is 0 Å². The molecule has 10 rings (SSSR count). The zero-order chi connectivity index (χ0) is 32.1. The minimum atomic E-state index is 1.17. The summed E-state index contributed by atoms with van der Waals surface area (Å²) in [5.74, 6) is 0. The second-order valence-electron chi connectivity index (χ2n) is 13.3. The van der Waals surface area contributed by atoms with Crippen molar-refractivity contribution in [3.63, 3.8) is 0 Å². The molecule has 0 aliphatic heterocycles. The minimum Gasteiger partial charge on any atom is -0.309 e. The first-order valence-corrected chi connectivity index (χ1v) is 16.7. The summed E-state index contributed by atoms with van der Waals surface area (Å²) in [6.07, 6.45) is 0. The molecule has 3 heteroatoms. The molecule has 0 radical (unpaired) electrons. The van der Waals surface area contributed by atoms with Gasteiger partial charge in [0.05, 0.1) is 33.1 Å². The van der Waals surface area contributed by atoms with E-state index in [-0.39, 0.29) is 0 Å². The smallest absolute Gasteiger partial charge is 0.0542 e. The molecule has 0 amide bonds. The average molecular weight is 616 g/mol. The van der Waals surface area contributed by atoms with Crippen LogP contribution in [0.15, 0.2) is 146 Å². The van der Waals surface area contributed by atoms with Crippen LogP contribution in [0.25, 0.3) is 82.5 Å². The molecule has 0 spiro atoms. The van der Waals surface area contributed by atoms with E-state index in [0.29, 0.717) is 0 Å². The standard InChI is InChI=1S/C45H33N3/c1-28-12-16-31(17-13-28)46-44-22-18-32(47-40-10-6-4-8-34(40)36-24-29(2)14-20-42(36)47)26-38(44)39-27-33(19-23-45(39)46)48-41-11-7-5-9-35(41)37-25-30(3)15-21-43(37)48/h4-27H,1-3H3. The molecule has 0 fully saturated rings. The summed E-state index contributed by atoms with van der Waals surface area (Å²) in [7, 11) is 0. The second-order valence-corrected chi connectivity index (χ2v) is 13.3. The van der Waals surface area contributed by atoms with E-state index in [1.807, 2.05) is 0 Å². The lowest BCUT2D eigenvalue weighted by Crippen LogP contribution is -1.96. The predicted octanol–water partition coefficient (Wildman–Crippen LogP) is 11.9. The van der Waals surface area contributed by atoms with E-state index in [0.717, 1.165) is 0 Å². The van der Waals surface area contributed by atoms with Crippen molar-refractivity contribution in [1.29, 1.82) is 0 Å². The van der Waals surface area contributed by atoms with E-state index in [1.54, 1.807) is 0 Å². The maximum Gasteiger partial charge on any atom is 0.0542 e. The summed E-state index contributed by atoms with van der Waals surface area (Å²) in [4.78, 5) is 0. The van der Waals surface area contributed by atoms with Crippen LogP contribution in [0, 0.1) is 20.8 Å². The lowest BCUT2D eigenvalue weighted by molar-refractivity contribution is 1.16. The molecule has 228 valence electrons. The van der Waals surface area contributed by atoms with Crippen LogP contribution in [0.1, 0.15) is 16.7 Å². The van der Waals surface area contributed by atoms with Crippen molar-refractivity contribution >= 4 is 65.4 Å². The fraction of sp³-hybridized carbons (Fsp3) is 0.0667. The third-order valence-electron chi connectivity index (χ3n) is 10.2. The average Bonchev–Trinajstić information content (AvgIpc) is 3.73. The molecule has 3 heterocycles. The highest BCUT2D eigenvalue weighted by molar-refractivity contribution is 6.14. The van der Waals surface area contributed by atoms with Gasteiger partial charge in [0, 0.05) is 49.4 Å². The van der Waals surface area contributed by atoms with Gasteiger partial charge < -0.3 is 13.7 Å². The van der Waals surface area contributed by atoms with Crippen molar-refractivity contribution in [2.75, 3.05) is 0 Å². The summed E-state index contributed by atoms with van der Waals surface area (Å²) >= 11 is 0. The van der Waals surface area contributed by atoms with Crippen LogP contribution in [0.4, 0.5) is 0 Å². The van der Waals surface area contributed by atoms with Crippen LogP contribution < -0.4 is 0 Å². The summed E-state index contributed by atoms with van der Waals surface area (Å²) < 4.78 is 7.28. The largest absolute Gasteiger partial charge is 0.309 e. The predicted molar refractivity (Wildman–Crippen MR) is 204 cm³/mol. The number of nitrogens with zero attached hydrogens (tertiary/aromatic N) is 3. The van der Waals surface area contributed by atoms with E-state index in [9.17, 15) is 0 Å². The summed E-state index contributed by atoms with van der Waals surface area (Å²) in [6.45, 7) is 6.50. The Hall–Kier alpha value is -6.06. The van der Waals surface area contributed by atoms with Gasteiger partial charge in [-0.2, -0.15) is 0 Å². The molecular formula is C45H33N3. The normalized spacial score (nSPS) is 12.1. The van der Waals surface area contributed by atoms with Crippen molar-refractivity contribution in [2.24, 2.45) is 0 Å². The first kappa shape index (κ1) is 27.1. The van der Waals surface area contributed by atoms with Crippen LogP contribution in [0.3, 0.4) is 0 Å². The zero-order valence-electron chi connectivity index (χ0n) is 27.2. The molecule has 3 nitrogen and oxygen atoms in total. The SMILES string of the molecule is Cc1ccc(-n2c3ccc(-n4c5ccccc5c5cc(C)ccc54)cc3c3cc(-n4c5ccccc5c5cc(C)ccc54)ccc32)cc1. The molecule has 0 aliphatic rings. The molecular weight excluding hydrogens is 583 g/mol. The summed E-state index contributed by atoms with van der Waals surface area (Å²) in [6, 6.07) is 54.0. The van der Waals surface area contributed by atoms with Gasteiger partial charge in [0.15, 0.2) is 0 Å². The van der Waals surface area contributed by atoms with Gasteiger partial charge in [-0.05, 0) is 106 Å². The van der Waals surface area contributed by atoms with E-state index in [1.165, 1.54) is 99.2 Å². The quantitative estimate of drug-likeness (QED) is 0.188. The summed E-state index contributed by atoms with van der Waals surface area (Å²) in [5, 5.41) is 7.61. The molecule has 48 heavy (non-hydrogen) atoms. The maximum absolute atomic E-state index is 2.43. The third kappa shape index (κ3) is 3.82. The van der Waals surface area contributed by atoms with Crippen molar-refractivity contribution in [1.82, 2.24) is 13.7 Å². The van der Waals surface area contributed by atoms with Gasteiger partial charge >= 0.3 is 0 Å². The van der Waals surface area contributed by atoms with E-state index in [2.05, 4.69) is 180 Å². The lowest BCUT2D eigenvalue weighted by Gasteiger charge is -2.11. The lowest BCUT2D eigenvalue weighted by atomic mass is 10.1. The Kier molecular flexibility index (Phi) is 5.63. The number of benzene rings is 7. The van der Waals surface area contributed by atoms with Gasteiger partial charge in [0.25, 0.3) is 0 Å². The number of para-hydroxylation sites is 2. The first-order chi connectivity index (χ1) is 23.5. The van der Waals surface area contributed by atoms with Crippen molar-refractivity contribution in [3.05, 3.63) is 162 Å². The Balaban J connectivity index is 1.30. The van der Waals surface area contributed by atoms with Crippen LogP contribution in [0.2, 0.25) is 0 Å². The van der Waals surface area contributed by atoms with Gasteiger partial charge in [0.2, 0.25) is 0 Å². The minimum absolute atomic E-state index is 1.17. The highest BCUT2D eigenvalue weighted by Crippen LogP contribution is 2.39. The number of rotatable bonds is 3. The van der Waals surface area contributed by atoms with Crippen LogP contribution in [-0.4, -0.2) is 13.7 Å². The number of hydrogen-bond acceptors (Lipinski definition) is 0. The van der Waals surface area contributed by atoms with Crippen LogP contribution in [-0.2, 0) is 0 Å². The Morgan fingerprint density at radius 3 is 1.08 bits per heavy atom. The third-order valence-corrected chi connectivity index (χ3v) is 10.2. The second kappa shape index (κ2) is 9.97. The highest BCUT2D eigenvalue weighted by atomic mass is 15.0. The number of hydrogen-bond donors (Lipinski definition) is 0. The van der Waals surface area contributed by atoms with Gasteiger partial charge in [-0.15, -0.1) is 0 Å². The van der Waals surface area contributed by atoms with E-state index >= 15 is 0 Å². The molecule has 0 bridgehead atoms. The van der Waals surface area contributed by atoms with Crippen LogP contribution in [0.5, 0.6) is 0 Å². The van der Waals surface area contributed by atoms with Crippen molar-refractivity contribution in [3.8, 4) is 17.1 Å². The molecule has 3 aromatic heterocycles. The topological polar surface area (TPSA) is 14.8 Å². The highest BCUT2D eigenvalue weighted by Gasteiger charge is 2.19. The fourth-order valence-corrected chi connectivity index (χ4v) is 7.98. The molecule has 0 saturated carbocycles. The Morgan fingerprint density at radius 2 is 0.604 bits per heavy atom. The van der Waals surface area contributed by atoms with E-state index < -0.39 is 0 Å². The van der Waals surface area contributed by atoms with Crippen molar-refractivity contribution in [2.45, 2.75) is 20.8 Å². The van der Waals surface area contributed by atoms with Gasteiger partial charge in [0.1, 0.15) is 0 Å². The Bertz CT molecular complexity index is 2730. The number of aromatic nitrogens is 3. The number of fused-ring (bicyclic) bond motifs is 9. The van der Waals surface area contributed by atoms with Gasteiger partial charge in [-0.25, -0.2) is 0 Å². The Labute approximate surface area is 278 Å². The fourth-order valence-electron chi connectivity index (χ4n) is 7.98. The number of aryl methyl sites for hydroxylation is 3. The maximum atomic E-state index is 2.43. The molecule has 0 N–H and O–H groups in total. The van der Waals surface area contributed by atoms with Crippen molar-refractivity contribution < 1.29 is 0 Å². The molecule has 0 saturated heterocycles. The molecule has 0 atom stereocenters. The molecule has 0 unspecified atom stereocenters. The van der Waals surface area contributed by atoms with Gasteiger partial charge in [-0.1, -0.05) is 77.4 Å². The molecule has 7 aromatic carbocycles. The Morgan fingerprint density at radius 1 is 0.271 bits per heavy atom. The van der Waals surface area contributed by atoms with E-state index in [4.69, 9.17) is 0 Å². The van der Waals surface area contributed by atoms with Gasteiger partial charge in [-0.3, -0.25) is 0 Å². The first-order valence-electron chi connectivity index (χ1n) is 16.7.